The molecule has 3 rings (SSSR count). The number of rotatable bonds is 6. The summed E-state index contributed by atoms with van der Waals surface area (Å²) in [6.45, 7) is 0. The molecule has 24 heavy (non-hydrogen) atoms. The van der Waals surface area contributed by atoms with Gasteiger partial charge in [-0.1, -0.05) is 42.5 Å². The van der Waals surface area contributed by atoms with E-state index in [2.05, 4.69) is 24.3 Å². The van der Waals surface area contributed by atoms with Crippen LogP contribution in [0, 0.1) is 0 Å². The van der Waals surface area contributed by atoms with Gasteiger partial charge in [0.1, 0.15) is 0 Å². The predicted octanol–water partition coefficient (Wildman–Crippen LogP) is 5.98. The van der Waals surface area contributed by atoms with Crippen LogP contribution in [0.15, 0.2) is 88.7 Å². The Morgan fingerprint density at radius 1 is 0.792 bits per heavy atom. The van der Waals surface area contributed by atoms with Crippen molar-refractivity contribution in [3.8, 4) is 11.5 Å². The lowest BCUT2D eigenvalue weighted by atomic mass is 10.2. The van der Waals surface area contributed by atoms with Gasteiger partial charge < -0.3 is 9.84 Å². The van der Waals surface area contributed by atoms with Gasteiger partial charge in [-0.25, -0.2) is 0 Å². The van der Waals surface area contributed by atoms with Gasteiger partial charge in [-0.2, -0.15) is 0 Å². The molecule has 0 fully saturated rings. The summed E-state index contributed by atoms with van der Waals surface area (Å²) in [6, 6.07) is 26.2. The molecule has 0 aliphatic rings. The summed E-state index contributed by atoms with van der Waals surface area (Å²) in [5, 5.41) is 10.1. The summed E-state index contributed by atoms with van der Waals surface area (Å²) in [5.74, 6) is 0.661. The van der Waals surface area contributed by atoms with Crippen LogP contribution in [0.3, 0.4) is 0 Å². The first kappa shape index (κ1) is 16.8. The summed E-state index contributed by atoms with van der Waals surface area (Å²) < 4.78 is 5.28. The van der Waals surface area contributed by atoms with E-state index in [0.717, 1.165) is 5.56 Å². The summed E-state index contributed by atoms with van der Waals surface area (Å²) in [4.78, 5) is 2.39. The first-order valence-corrected chi connectivity index (χ1v) is 9.32. The van der Waals surface area contributed by atoms with E-state index in [1.54, 1.807) is 36.7 Å². The Morgan fingerprint density at radius 2 is 1.33 bits per heavy atom. The van der Waals surface area contributed by atoms with Gasteiger partial charge in [0.25, 0.3) is 0 Å². The van der Waals surface area contributed by atoms with Crippen LogP contribution in [0.5, 0.6) is 11.5 Å². The largest absolute Gasteiger partial charge is 0.504 e. The molecule has 2 nitrogen and oxygen atoms in total. The molecule has 0 aliphatic carbocycles. The molecular weight excluding hydrogens is 336 g/mol. The molecule has 3 aromatic rings. The number of phenols is 1. The van der Waals surface area contributed by atoms with Gasteiger partial charge in [0, 0.05) is 9.79 Å². The van der Waals surface area contributed by atoms with Crippen LogP contribution in [0.25, 0.3) is 0 Å². The molecule has 0 spiro atoms. The Hall–Kier alpha value is -2.04. The van der Waals surface area contributed by atoms with Crippen LogP contribution < -0.4 is 4.74 Å². The minimum absolute atomic E-state index is 0.131. The van der Waals surface area contributed by atoms with Crippen molar-refractivity contribution in [1.82, 2.24) is 0 Å². The second-order valence-electron chi connectivity index (χ2n) is 5.13. The summed E-state index contributed by atoms with van der Waals surface area (Å²) in [5.41, 5.74) is 1.05. The van der Waals surface area contributed by atoms with Crippen molar-refractivity contribution in [3.63, 3.8) is 0 Å². The Kier molecular flexibility index (Phi) is 5.72. The van der Waals surface area contributed by atoms with Crippen molar-refractivity contribution in [2.24, 2.45) is 0 Å². The molecule has 0 bridgehead atoms. The number of aromatic hydroxyl groups is 1. The lowest BCUT2D eigenvalue weighted by Gasteiger charge is -2.18. The van der Waals surface area contributed by atoms with Crippen LogP contribution in [-0.2, 0) is 0 Å². The fourth-order valence-electron chi connectivity index (χ4n) is 2.26. The lowest BCUT2D eigenvalue weighted by molar-refractivity contribution is 0.373. The maximum atomic E-state index is 10.1. The molecule has 0 aromatic heterocycles. The number of thioether (sulfide) groups is 2. The maximum Gasteiger partial charge on any atom is 0.160 e. The summed E-state index contributed by atoms with van der Waals surface area (Å²) >= 11 is 3.54. The molecule has 0 amide bonds. The van der Waals surface area contributed by atoms with E-state index in [1.165, 1.54) is 9.79 Å². The van der Waals surface area contributed by atoms with Crippen LogP contribution in [0.1, 0.15) is 10.1 Å². The van der Waals surface area contributed by atoms with Crippen molar-refractivity contribution in [3.05, 3.63) is 84.4 Å². The molecule has 0 unspecified atom stereocenters. The third-order valence-corrected chi connectivity index (χ3v) is 6.09. The molecule has 0 saturated heterocycles. The summed E-state index contributed by atoms with van der Waals surface area (Å²) in [7, 11) is 1.56. The quantitative estimate of drug-likeness (QED) is 0.435. The third-order valence-electron chi connectivity index (χ3n) is 3.45. The zero-order valence-electron chi connectivity index (χ0n) is 13.3. The second kappa shape index (κ2) is 8.18. The number of hydrogen-bond acceptors (Lipinski definition) is 4. The maximum absolute atomic E-state index is 10.1. The number of methoxy groups -OCH3 is 1. The number of phenolic OH excluding ortho intramolecular Hbond substituents is 1. The van der Waals surface area contributed by atoms with Crippen molar-refractivity contribution >= 4 is 23.5 Å². The van der Waals surface area contributed by atoms with Crippen molar-refractivity contribution in [1.29, 1.82) is 0 Å². The van der Waals surface area contributed by atoms with Crippen molar-refractivity contribution in [2.45, 2.75) is 14.4 Å². The van der Waals surface area contributed by atoms with Gasteiger partial charge in [0.15, 0.2) is 11.5 Å². The van der Waals surface area contributed by atoms with Gasteiger partial charge in [-0.15, -0.1) is 23.5 Å². The smallest absolute Gasteiger partial charge is 0.160 e. The normalized spacial score (nSPS) is 10.8. The fraction of sp³-hybridized carbons (Fsp3) is 0.100. The molecule has 122 valence electrons. The fourth-order valence-corrected chi connectivity index (χ4v) is 4.81. The van der Waals surface area contributed by atoms with E-state index in [1.807, 2.05) is 48.5 Å². The van der Waals surface area contributed by atoms with E-state index in [4.69, 9.17) is 4.74 Å². The average molecular weight is 354 g/mol. The van der Waals surface area contributed by atoms with Crippen LogP contribution >= 0.6 is 23.5 Å². The topological polar surface area (TPSA) is 29.5 Å². The van der Waals surface area contributed by atoms with Gasteiger partial charge in [-0.3, -0.25) is 0 Å². The molecule has 0 radical (unpaired) electrons. The number of hydrogen-bond donors (Lipinski definition) is 1. The highest BCUT2D eigenvalue weighted by Crippen LogP contribution is 2.48. The minimum Gasteiger partial charge on any atom is -0.504 e. The van der Waals surface area contributed by atoms with Gasteiger partial charge in [0.05, 0.1) is 11.7 Å². The molecule has 0 heterocycles. The zero-order chi connectivity index (χ0) is 16.8. The standard InChI is InChI=1S/C20H18O2S2/c1-22-19-13-12-15(14-18(19)21)20(23-16-8-4-2-5-9-16)24-17-10-6-3-7-11-17/h2-14,20-21H,1H3. The van der Waals surface area contributed by atoms with E-state index < -0.39 is 0 Å². The highest BCUT2D eigenvalue weighted by atomic mass is 32.2. The first-order valence-electron chi connectivity index (χ1n) is 7.56. The molecule has 0 saturated carbocycles. The van der Waals surface area contributed by atoms with Crippen LogP contribution in [0.2, 0.25) is 0 Å². The summed E-state index contributed by atoms with van der Waals surface area (Å²) in [6.07, 6.45) is 0. The van der Waals surface area contributed by atoms with Gasteiger partial charge in [0.2, 0.25) is 0 Å². The van der Waals surface area contributed by atoms with Gasteiger partial charge >= 0.3 is 0 Å². The molecule has 1 N–H and O–H groups in total. The number of benzene rings is 3. The highest BCUT2D eigenvalue weighted by Gasteiger charge is 2.17. The Balaban J connectivity index is 1.90. The lowest BCUT2D eigenvalue weighted by Crippen LogP contribution is -1.92. The zero-order valence-corrected chi connectivity index (χ0v) is 14.9. The minimum atomic E-state index is 0.131. The van der Waals surface area contributed by atoms with Crippen molar-refractivity contribution < 1.29 is 9.84 Å². The molecule has 3 aromatic carbocycles. The van der Waals surface area contributed by atoms with Gasteiger partial charge in [-0.05, 0) is 42.0 Å². The van der Waals surface area contributed by atoms with Crippen molar-refractivity contribution in [2.75, 3.05) is 7.11 Å². The molecule has 0 atom stereocenters. The number of ether oxygens (including phenoxy) is 1. The predicted molar refractivity (Wildman–Crippen MR) is 102 cm³/mol. The van der Waals surface area contributed by atoms with E-state index in [0.29, 0.717) is 5.75 Å². The van der Waals surface area contributed by atoms with E-state index in [9.17, 15) is 5.11 Å². The molecule has 0 aliphatic heterocycles. The third kappa shape index (κ3) is 4.28. The second-order valence-corrected chi connectivity index (χ2v) is 7.78. The van der Waals surface area contributed by atoms with E-state index in [-0.39, 0.29) is 10.3 Å². The molecule has 4 heteroatoms. The average Bonchev–Trinajstić information content (AvgIpc) is 2.63. The van der Waals surface area contributed by atoms with Crippen LogP contribution in [0.4, 0.5) is 0 Å². The SMILES string of the molecule is COc1ccc(C(Sc2ccccc2)Sc2ccccc2)cc1O. The molecular formula is C20H18O2S2. The Morgan fingerprint density at radius 3 is 1.79 bits per heavy atom. The Bertz CT molecular complexity index is 735. The van der Waals surface area contributed by atoms with E-state index >= 15 is 0 Å². The monoisotopic (exact) mass is 354 g/mol. The highest BCUT2D eigenvalue weighted by molar-refractivity contribution is 8.16. The first-order chi connectivity index (χ1) is 11.8. The Labute approximate surface area is 150 Å². The van der Waals surface area contributed by atoms with Crippen LogP contribution in [-0.4, -0.2) is 12.2 Å².